The van der Waals surface area contributed by atoms with E-state index in [4.69, 9.17) is 4.43 Å². The Bertz CT molecular complexity index is 86.1. The third-order valence-corrected chi connectivity index (χ3v) is 3.35. The summed E-state index contributed by atoms with van der Waals surface area (Å²) in [6.45, 7) is 6.64. The Labute approximate surface area is 90.2 Å². The molecule has 0 saturated carbocycles. The van der Waals surface area contributed by atoms with Crippen LogP contribution in [0.5, 0.6) is 0 Å². The number of hydrogen-bond acceptors (Lipinski definition) is 4. The minimum atomic E-state index is -0.194. The van der Waals surface area contributed by atoms with Gasteiger partial charge in [-0.15, -0.1) is 0 Å². The van der Waals surface area contributed by atoms with E-state index in [9.17, 15) is 0 Å². The Hall–Kier alpha value is 0.0569. The van der Waals surface area contributed by atoms with Crippen LogP contribution in [0, 0.1) is 5.92 Å². The fourth-order valence-electron chi connectivity index (χ4n) is 0.812. The lowest BCUT2D eigenvalue weighted by molar-refractivity contribution is -0.248. The summed E-state index contributed by atoms with van der Waals surface area (Å²) < 4.78 is 5.10. The molecule has 1 unspecified atom stereocenters. The highest BCUT2D eigenvalue weighted by Crippen LogP contribution is 1.98. The van der Waals surface area contributed by atoms with Gasteiger partial charge in [0.2, 0.25) is 0 Å². The van der Waals surface area contributed by atoms with Crippen LogP contribution in [0.3, 0.4) is 0 Å². The van der Waals surface area contributed by atoms with Crippen LogP contribution in [-0.4, -0.2) is 44.2 Å². The molecule has 1 atom stereocenters. The minimum absolute atomic E-state index is 0.194. The first-order chi connectivity index (χ1) is 6.72. The summed E-state index contributed by atoms with van der Waals surface area (Å²) >= 11 is 0. The van der Waals surface area contributed by atoms with E-state index in [1.54, 1.807) is 0 Å². The summed E-state index contributed by atoms with van der Waals surface area (Å²) in [5.74, 6) is 0.798. The van der Waals surface area contributed by atoms with Gasteiger partial charge in [0.25, 0.3) is 0 Å². The van der Waals surface area contributed by atoms with Crippen molar-refractivity contribution in [3.63, 3.8) is 0 Å². The second kappa shape index (κ2) is 15.5. The van der Waals surface area contributed by atoms with Gasteiger partial charge in [0.05, 0.1) is 14.2 Å². The molecule has 0 aliphatic carbocycles. The Morgan fingerprint density at radius 1 is 1.21 bits per heavy atom. The zero-order chi connectivity index (χ0) is 11.2. The van der Waals surface area contributed by atoms with Gasteiger partial charge in [0, 0.05) is 7.11 Å². The third-order valence-electron chi connectivity index (χ3n) is 1.72. The van der Waals surface area contributed by atoms with Gasteiger partial charge in [-0.3, -0.25) is 0 Å². The molecular weight excluding hydrogens is 198 g/mol. The monoisotopic (exact) mass is 223 g/mol. The minimum Gasteiger partial charge on any atom is -0.427 e. The molecular formula is C9H25NO3Si. The largest absolute Gasteiger partial charge is 0.427 e. The molecule has 5 heteroatoms. The standard InChI is InChI=1S/C7H19NOSi.C2H6O2/c1-4-8-5-7(2)6-10-9-3;1-3-4-2/h7-8H,4-6,10H2,1-3H3;1-2H3. The van der Waals surface area contributed by atoms with Crippen LogP contribution in [0.25, 0.3) is 0 Å². The number of nitrogens with one attached hydrogen (secondary N) is 1. The Morgan fingerprint density at radius 2 is 1.79 bits per heavy atom. The van der Waals surface area contributed by atoms with Crippen LogP contribution in [0.2, 0.25) is 6.04 Å². The van der Waals surface area contributed by atoms with E-state index in [1.807, 2.05) is 7.11 Å². The van der Waals surface area contributed by atoms with Crippen molar-refractivity contribution in [1.82, 2.24) is 5.32 Å². The van der Waals surface area contributed by atoms with E-state index in [-0.39, 0.29) is 9.76 Å². The van der Waals surface area contributed by atoms with Crippen molar-refractivity contribution in [2.24, 2.45) is 5.92 Å². The van der Waals surface area contributed by atoms with Gasteiger partial charge in [-0.05, 0) is 25.1 Å². The maximum absolute atomic E-state index is 5.10. The second-order valence-corrected chi connectivity index (χ2v) is 4.59. The molecule has 0 aromatic rings. The zero-order valence-electron chi connectivity index (χ0n) is 10.1. The summed E-state index contributed by atoms with van der Waals surface area (Å²) in [4.78, 5) is 8.08. The molecule has 0 amide bonds. The Morgan fingerprint density at radius 3 is 2.14 bits per heavy atom. The maximum atomic E-state index is 5.10. The summed E-state index contributed by atoms with van der Waals surface area (Å²) in [5, 5.41) is 3.32. The molecule has 14 heavy (non-hydrogen) atoms. The summed E-state index contributed by atoms with van der Waals surface area (Å²) in [6.07, 6.45) is 0. The highest BCUT2D eigenvalue weighted by molar-refractivity contribution is 6.27. The van der Waals surface area contributed by atoms with Crippen LogP contribution in [0.15, 0.2) is 0 Å². The van der Waals surface area contributed by atoms with Crippen molar-refractivity contribution in [3.8, 4) is 0 Å². The van der Waals surface area contributed by atoms with E-state index in [0.29, 0.717) is 0 Å². The van der Waals surface area contributed by atoms with Gasteiger partial charge in [0.1, 0.15) is 0 Å². The van der Waals surface area contributed by atoms with E-state index >= 15 is 0 Å². The molecule has 0 saturated heterocycles. The molecule has 0 heterocycles. The fourth-order valence-corrected chi connectivity index (χ4v) is 1.65. The topological polar surface area (TPSA) is 39.7 Å². The zero-order valence-corrected chi connectivity index (χ0v) is 11.5. The van der Waals surface area contributed by atoms with Gasteiger partial charge >= 0.3 is 0 Å². The molecule has 0 radical (unpaired) electrons. The molecule has 88 valence electrons. The van der Waals surface area contributed by atoms with E-state index in [0.717, 1.165) is 19.0 Å². The average molecular weight is 223 g/mol. The van der Waals surface area contributed by atoms with Crippen molar-refractivity contribution in [2.75, 3.05) is 34.4 Å². The first-order valence-corrected chi connectivity index (χ1v) is 6.57. The fraction of sp³-hybridized carbons (Fsp3) is 1.00. The summed E-state index contributed by atoms with van der Waals surface area (Å²) in [5.41, 5.74) is 0. The van der Waals surface area contributed by atoms with Crippen molar-refractivity contribution < 1.29 is 14.2 Å². The van der Waals surface area contributed by atoms with Crippen LogP contribution in [-0.2, 0) is 14.2 Å². The van der Waals surface area contributed by atoms with E-state index in [1.165, 1.54) is 20.3 Å². The van der Waals surface area contributed by atoms with Crippen molar-refractivity contribution >= 4 is 9.76 Å². The third kappa shape index (κ3) is 18.0. The molecule has 0 bridgehead atoms. The summed E-state index contributed by atoms with van der Waals surface area (Å²) in [7, 11) is 4.53. The highest BCUT2D eigenvalue weighted by atomic mass is 28.2. The molecule has 0 spiro atoms. The van der Waals surface area contributed by atoms with Gasteiger partial charge in [-0.25, -0.2) is 9.78 Å². The molecule has 1 N–H and O–H groups in total. The normalized spacial score (nSPS) is 12.6. The summed E-state index contributed by atoms with van der Waals surface area (Å²) in [6, 6.07) is 1.30. The highest BCUT2D eigenvalue weighted by Gasteiger charge is 1.99. The van der Waals surface area contributed by atoms with Crippen LogP contribution in [0.4, 0.5) is 0 Å². The van der Waals surface area contributed by atoms with Crippen molar-refractivity contribution in [3.05, 3.63) is 0 Å². The Kier molecular flexibility index (Phi) is 18.3. The van der Waals surface area contributed by atoms with E-state index in [2.05, 4.69) is 28.9 Å². The predicted molar refractivity (Wildman–Crippen MR) is 62.1 cm³/mol. The second-order valence-electron chi connectivity index (χ2n) is 3.03. The predicted octanol–water partition coefficient (Wildman–Crippen LogP) is 0.575. The maximum Gasteiger partial charge on any atom is 0.161 e. The van der Waals surface area contributed by atoms with Gasteiger partial charge in [0.15, 0.2) is 9.76 Å². The molecule has 0 aromatic heterocycles. The lowest BCUT2D eigenvalue weighted by Crippen LogP contribution is -2.21. The van der Waals surface area contributed by atoms with Crippen LogP contribution in [0.1, 0.15) is 13.8 Å². The van der Waals surface area contributed by atoms with Gasteiger partial charge < -0.3 is 9.74 Å². The van der Waals surface area contributed by atoms with Gasteiger partial charge in [-0.1, -0.05) is 13.8 Å². The van der Waals surface area contributed by atoms with Crippen molar-refractivity contribution in [1.29, 1.82) is 0 Å². The SMILES string of the molecule is CCNCC(C)C[SiH2]OC.COOC. The molecule has 0 fully saturated rings. The van der Waals surface area contributed by atoms with Crippen LogP contribution >= 0.6 is 0 Å². The van der Waals surface area contributed by atoms with Crippen LogP contribution < -0.4 is 5.32 Å². The molecule has 0 aliphatic rings. The average Bonchev–Trinajstić information content (AvgIpc) is 2.23. The lowest BCUT2D eigenvalue weighted by Gasteiger charge is -2.09. The Balaban J connectivity index is 0. The first-order valence-electron chi connectivity index (χ1n) is 4.99. The molecule has 4 nitrogen and oxygen atoms in total. The first kappa shape index (κ1) is 16.5. The number of rotatable bonds is 7. The number of hydrogen-bond donors (Lipinski definition) is 1. The quantitative estimate of drug-likeness (QED) is 0.389. The molecule has 0 aliphatic heterocycles. The van der Waals surface area contributed by atoms with Crippen molar-refractivity contribution in [2.45, 2.75) is 19.9 Å². The lowest BCUT2D eigenvalue weighted by atomic mass is 10.2. The molecule has 0 aromatic carbocycles. The smallest absolute Gasteiger partial charge is 0.161 e. The van der Waals surface area contributed by atoms with E-state index < -0.39 is 0 Å². The molecule has 0 rings (SSSR count). The van der Waals surface area contributed by atoms with Gasteiger partial charge in [-0.2, -0.15) is 0 Å².